The summed E-state index contributed by atoms with van der Waals surface area (Å²) in [5.41, 5.74) is 1.22. The highest BCUT2D eigenvalue weighted by Crippen LogP contribution is 2.47. The van der Waals surface area contributed by atoms with Crippen molar-refractivity contribution in [2.24, 2.45) is 5.41 Å². The van der Waals surface area contributed by atoms with Gasteiger partial charge in [0, 0.05) is 38.5 Å². The molecule has 5 heteroatoms. The number of benzene rings is 1. The third-order valence-corrected chi connectivity index (χ3v) is 5.92. The van der Waals surface area contributed by atoms with Gasteiger partial charge in [-0.2, -0.15) is 0 Å². The van der Waals surface area contributed by atoms with Gasteiger partial charge in [-0.05, 0) is 38.3 Å². The molecule has 3 rings (SSSR count). The maximum Gasteiger partial charge on any atom is 0.260 e. The lowest BCUT2D eigenvalue weighted by Crippen LogP contribution is -2.55. The van der Waals surface area contributed by atoms with Gasteiger partial charge in [-0.15, -0.1) is 0 Å². The van der Waals surface area contributed by atoms with E-state index in [4.69, 9.17) is 4.74 Å². The van der Waals surface area contributed by atoms with E-state index in [1.807, 2.05) is 50.2 Å². The second-order valence-electron chi connectivity index (χ2n) is 7.63. The maximum absolute atomic E-state index is 12.5. The van der Waals surface area contributed by atoms with Crippen molar-refractivity contribution in [3.8, 4) is 5.75 Å². The normalized spacial score (nSPS) is 25.6. The molecule has 1 aliphatic carbocycles. The van der Waals surface area contributed by atoms with Crippen LogP contribution < -0.4 is 4.74 Å². The molecule has 1 saturated heterocycles. The topological polar surface area (TPSA) is 49.9 Å². The molecule has 1 aromatic rings. The van der Waals surface area contributed by atoms with Crippen molar-refractivity contribution in [3.63, 3.8) is 0 Å². The maximum atomic E-state index is 12.5. The van der Waals surface area contributed by atoms with Crippen molar-refractivity contribution < 1.29 is 14.3 Å². The van der Waals surface area contributed by atoms with Gasteiger partial charge in [-0.25, -0.2) is 0 Å². The molecule has 2 fully saturated rings. The summed E-state index contributed by atoms with van der Waals surface area (Å²) in [7, 11) is 3.76. The fourth-order valence-corrected chi connectivity index (χ4v) is 4.44. The molecular formula is C20H28N2O3. The summed E-state index contributed by atoms with van der Waals surface area (Å²) in [5.74, 6) is 0.937. The fraction of sp³-hybridized carbons (Fsp3) is 0.600. The Morgan fingerprint density at radius 1 is 1.32 bits per heavy atom. The predicted molar refractivity (Wildman–Crippen MR) is 96.4 cm³/mol. The average Bonchev–Trinajstić information content (AvgIpc) is 3.02. The van der Waals surface area contributed by atoms with E-state index in [2.05, 4.69) is 0 Å². The SMILES string of the molecule is Cc1ccc(OCC(=O)N(C)C[C@@]23CCC[C@H]2N(C)C(=O)CC3)cc1. The number of carbonyl (C=O) groups is 2. The smallest absolute Gasteiger partial charge is 0.260 e. The minimum Gasteiger partial charge on any atom is -0.484 e. The summed E-state index contributed by atoms with van der Waals surface area (Å²) < 4.78 is 5.62. The van der Waals surface area contributed by atoms with Crippen LogP contribution in [0, 0.1) is 12.3 Å². The molecule has 0 radical (unpaired) electrons. The van der Waals surface area contributed by atoms with Gasteiger partial charge in [0.05, 0.1) is 0 Å². The molecule has 2 amide bonds. The van der Waals surface area contributed by atoms with Crippen LogP contribution in [-0.4, -0.2) is 54.9 Å². The molecule has 1 aliphatic heterocycles. The molecular weight excluding hydrogens is 316 g/mol. The Morgan fingerprint density at radius 2 is 2.04 bits per heavy atom. The Morgan fingerprint density at radius 3 is 2.76 bits per heavy atom. The first-order valence-corrected chi connectivity index (χ1v) is 9.10. The largest absolute Gasteiger partial charge is 0.484 e. The van der Waals surface area contributed by atoms with E-state index in [9.17, 15) is 9.59 Å². The quantitative estimate of drug-likeness (QED) is 0.825. The Bertz CT molecular complexity index is 643. The summed E-state index contributed by atoms with van der Waals surface area (Å²) in [6.45, 7) is 2.77. The Labute approximate surface area is 149 Å². The first-order chi connectivity index (χ1) is 11.9. The zero-order chi connectivity index (χ0) is 18.0. The summed E-state index contributed by atoms with van der Waals surface area (Å²) in [6.07, 6.45) is 4.74. The van der Waals surface area contributed by atoms with Crippen LogP contribution >= 0.6 is 0 Å². The number of fused-ring (bicyclic) bond motifs is 1. The molecule has 5 nitrogen and oxygen atoms in total. The number of amides is 2. The van der Waals surface area contributed by atoms with E-state index in [1.165, 1.54) is 0 Å². The number of aryl methyl sites for hydroxylation is 1. The Hall–Kier alpha value is -2.04. The molecule has 136 valence electrons. The van der Waals surface area contributed by atoms with Crippen molar-refractivity contribution in [2.75, 3.05) is 27.2 Å². The monoisotopic (exact) mass is 344 g/mol. The van der Waals surface area contributed by atoms with Gasteiger partial charge in [0.25, 0.3) is 5.91 Å². The fourth-order valence-electron chi connectivity index (χ4n) is 4.44. The van der Waals surface area contributed by atoms with Crippen LogP contribution in [0.5, 0.6) is 5.75 Å². The first-order valence-electron chi connectivity index (χ1n) is 9.10. The highest BCUT2D eigenvalue weighted by Gasteiger charge is 2.49. The van der Waals surface area contributed by atoms with Crippen LogP contribution in [0.15, 0.2) is 24.3 Å². The van der Waals surface area contributed by atoms with Crippen LogP contribution in [0.1, 0.15) is 37.7 Å². The third-order valence-electron chi connectivity index (χ3n) is 5.92. The zero-order valence-electron chi connectivity index (χ0n) is 15.5. The van der Waals surface area contributed by atoms with Crippen molar-refractivity contribution in [1.82, 2.24) is 9.80 Å². The highest BCUT2D eigenvalue weighted by molar-refractivity contribution is 5.78. The minimum absolute atomic E-state index is 0.0137. The number of likely N-dealkylation sites (tertiary alicyclic amines) is 1. The number of likely N-dealkylation sites (N-methyl/N-ethyl adjacent to an activating group) is 1. The van der Waals surface area contributed by atoms with Crippen LogP contribution in [0.4, 0.5) is 0 Å². The average molecular weight is 344 g/mol. The molecule has 0 aromatic heterocycles. The van der Waals surface area contributed by atoms with Crippen molar-refractivity contribution in [1.29, 1.82) is 0 Å². The lowest BCUT2D eigenvalue weighted by molar-refractivity contribution is -0.142. The predicted octanol–water partition coefficient (Wildman–Crippen LogP) is 2.62. The highest BCUT2D eigenvalue weighted by atomic mass is 16.5. The van der Waals surface area contributed by atoms with E-state index in [1.54, 1.807) is 4.90 Å². The van der Waals surface area contributed by atoms with E-state index < -0.39 is 0 Å². The molecule has 1 saturated carbocycles. The second kappa shape index (κ2) is 7.06. The number of nitrogens with zero attached hydrogens (tertiary/aromatic N) is 2. The van der Waals surface area contributed by atoms with Crippen LogP contribution in [0.25, 0.3) is 0 Å². The molecule has 0 spiro atoms. The summed E-state index contributed by atoms with van der Waals surface area (Å²) in [4.78, 5) is 28.2. The molecule has 0 unspecified atom stereocenters. The molecule has 25 heavy (non-hydrogen) atoms. The first kappa shape index (κ1) is 17.8. The van der Waals surface area contributed by atoms with Gasteiger partial charge in [0.1, 0.15) is 5.75 Å². The van der Waals surface area contributed by atoms with Gasteiger partial charge < -0.3 is 14.5 Å². The van der Waals surface area contributed by atoms with Crippen LogP contribution in [0.2, 0.25) is 0 Å². The molecule has 1 aromatic carbocycles. The van der Waals surface area contributed by atoms with Gasteiger partial charge in [-0.1, -0.05) is 24.1 Å². The van der Waals surface area contributed by atoms with E-state index in [-0.39, 0.29) is 29.9 Å². The van der Waals surface area contributed by atoms with E-state index in [0.29, 0.717) is 18.7 Å². The molecule has 0 N–H and O–H groups in total. The molecule has 2 atom stereocenters. The summed E-state index contributed by atoms with van der Waals surface area (Å²) in [5, 5.41) is 0. The number of ether oxygens (including phenoxy) is 1. The lowest BCUT2D eigenvalue weighted by atomic mass is 9.74. The Balaban J connectivity index is 1.59. The minimum atomic E-state index is -0.0137. The zero-order valence-corrected chi connectivity index (χ0v) is 15.5. The summed E-state index contributed by atoms with van der Waals surface area (Å²) >= 11 is 0. The van der Waals surface area contributed by atoms with Gasteiger partial charge in [0.15, 0.2) is 6.61 Å². The number of rotatable bonds is 5. The summed E-state index contributed by atoms with van der Waals surface area (Å²) in [6, 6.07) is 7.98. The molecule has 0 bridgehead atoms. The second-order valence-corrected chi connectivity index (χ2v) is 7.63. The van der Waals surface area contributed by atoms with Crippen molar-refractivity contribution in [3.05, 3.63) is 29.8 Å². The van der Waals surface area contributed by atoms with Gasteiger partial charge in [-0.3, -0.25) is 9.59 Å². The van der Waals surface area contributed by atoms with Crippen molar-refractivity contribution in [2.45, 2.75) is 45.1 Å². The molecule has 1 heterocycles. The number of hydrogen-bond acceptors (Lipinski definition) is 3. The van der Waals surface area contributed by atoms with E-state index in [0.717, 1.165) is 31.2 Å². The van der Waals surface area contributed by atoms with Crippen LogP contribution in [0.3, 0.4) is 0 Å². The third kappa shape index (κ3) is 3.65. The van der Waals surface area contributed by atoms with Crippen LogP contribution in [-0.2, 0) is 9.59 Å². The van der Waals surface area contributed by atoms with Gasteiger partial charge >= 0.3 is 0 Å². The van der Waals surface area contributed by atoms with E-state index >= 15 is 0 Å². The molecule has 2 aliphatic rings. The van der Waals surface area contributed by atoms with Crippen molar-refractivity contribution >= 4 is 11.8 Å². The number of piperidine rings is 1. The number of carbonyl (C=O) groups excluding carboxylic acids is 2. The van der Waals surface area contributed by atoms with Gasteiger partial charge in [0.2, 0.25) is 5.91 Å². The lowest BCUT2D eigenvalue weighted by Gasteiger charge is -2.46. The standard InChI is InChI=1S/C20H28N2O3/c1-15-6-8-16(9-7-15)25-13-19(24)21(2)14-20-11-4-5-17(20)22(3)18(23)10-12-20/h6-9,17H,4-5,10-14H2,1-3H3/t17-,20+/m1/s1. The Kier molecular flexibility index (Phi) is 5.02. The number of hydrogen-bond donors (Lipinski definition) is 0.